The van der Waals surface area contributed by atoms with Gasteiger partial charge in [-0.15, -0.1) is 0 Å². The summed E-state index contributed by atoms with van der Waals surface area (Å²) in [5.74, 6) is -2.43. The number of hydrogen-bond acceptors (Lipinski definition) is 4. The van der Waals surface area contributed by atoms with Crippen molar-refractivity contribution in [1.29, 1.82) is 0 Å². The molecule has 1 aromatic carbocycles. The Morgan fingerprint density at radius 2 is 2.03 bits per heavy atom. The Bertz CT molecular complexity index is 977. The Labute approximate surface area is 169 Å². The molecule has 0 spiro atoms. The summed E-state index contributed by atoms with van der Waals surface area (Å²) in [7, 11) is 0. The zero-order valence-electron chi connectivity index (χ0n) is 15.2. The molecule has 2 aliphatic rings. The number of carbonyl (C=O) groups is 2. The topological polar surface area (TPSA) is 67.8 Å². The SMILES string of the molecule is CCOC(=O)C1=C(NCc2ccccc2C(F)(F)F)C2C=CC=C(Cl)C2=NC1=O. The van der Waals surface area contributed by atoms with Crippen LogP contribution in [0.5, 0.6) is 0 Å². The molecule has 0 bridgehead atoms. The van der Waals surface area contributed by atoms with E-state index in [9.17, 15) is 22.8 Å². The van der Waals surface area contributed by atoms with Gasteiger partial charge in [-0.25, -0.2) is 9.79 Å². The van der Waals surface area contributed by atoms with E-state index in [0.717, 1.165) is 6.07 Å². The number of esters is 1. The minimum atomic E-state index is -4.54. The number of aliphatic imine (C=N–C) groups is 1. The van der Waals surface area contributed by atoms with Crippen molar-refractivity contribution in [2.24, 2.45) is 10.9 Å². The predicted octanol–water partition coefficient (Wildman–Crippen LogP) is 3.90. The molecule has 1 aliphatic heterocycles. The van der Waals surface area contributed by atoms with Crippen LogP contribution in [0.15, 0.2) is 63.8 Å². The molecule has 3 rings (SSSR count). The molecule has 1 aromatic rings. The van der Waals surface area contributed by atoms with Gasteiger partial charge in [0.2, 0.25) is 0 Å². The average Bonchev–Trinajstić information content (AvgIpc) is 2.66. The van der Waals surface area contributed by atoms with E-state index in [1.54, 1.807) is 19.1 Å². The molecule has 0 saturated carbocycles. The van der Waals surface area contributed by atoms with Crippen molar-refractivity contribution in [2.75, 3.05) is 6.61 Å². The Kier molecular flexibility index (Phi) is 5.93. The molecule has 0 saturated heterocycles. The number of alkyl halides is 3. The van der Waals surface area contributed by atoms with Crippen LogP contribution in [0.3, 0.4) is 0 Å². The summed E-state index contributed by atoms with van der Waals surface area (Å²) in [6, 6.07) is 5.06. The Hall–Kier alpha value is -2.87. The zero-order chi connectivity index (χ0) is 21.2. The lowest BCUT2D eigenvalue weighted by atomic mass is 9.88. The van der Waals surface area contributed by atoms with E-state index in [1.165, 1.54) is 24.3 Å². The summed E-state index contributed by atoms with van der Waals surface area (Å²) < 4.78 is 44.8. The van der Waals surface area contributed by atoms with Gasteiger partial charge >= 0.3 is 12.1 Å². The number of amides is 1. The maximum absolute atomic E-state index is 13.3. The molecule has 1 amide bonds. The quantitative estimate of drug-likeness (QED) is 0.575. The second kappa shape index (κ2) is 8.24. The fourth-order valence-electron chi connectivity index (χ4n) is 3.11. The van der Waals surface area contributed by atoms with Crippen LogP contribution < -0.4 is 5.32 Å². The third-order valence-electron chi connectivity index (χ3n) is 4.37. The molecular formula is C20H16ClF3N2O3. The second-order valence-electron chi connectivity index (χ2n) is 6.20. The second-order valence-corrected chi connectivity index (χ2v) is 6.60. The largest absolute Gasteiger partial charge is 0.462 e. The minimum absolute atomic E-state index is 0.0253. The van der Waals surface area contributed by atoms with Crippen LogP contribution in [0.4, 0.5) is 13.2 Å². The van der Waals surface area contributed by atoms with Crippen LogP contribution >= 0.6 is 11.6 Å². The van der Waals surface area contributed by atoms with Crippen molar-refractivity contribution in [1.82, 2.24) is 5.32 Å². The third kappa shape index (κ3) is 4.27. The van der Waals surface area contributed by atoms with Crippen molar-refractivity contribution < 1.29 is 27.5 Å². The highest BCUT2D eigenvalue weighted by molar-refractivity contribution is 6.46. The first-order valence-corrected chi connectivity index (χ1v) is 9.09. The molecule has 0 aromatic heterocycles. The number of allylic oxidation sites excluding steroid dienone is 4. The molecule has 5 nitrogen and oxygen atoms in total. The molecule has 29 heavy (non-hydrogen) atoms. The number of hydrogen-bond donors (Lipinski definition) is 1. The van der Waals surface area contributed by atoms with Gasteiger partial charge in [0.1, 0.15) is 5.57 Å². The van der Waals surface area contributed by atoms with Gasteiger partial charge in [0.25, 0.3) is 5.91 Å². The summed E-state index contributed by atoms with van der Waals surface area (Å²) in [5.41, 5.74) is -0.856. The normalized spacial score (nSPS) is 18.8. The Morgan fingerprint density at radius 3 is 2.72 bits per heavy atom. The zero-order valence-corrected chi connectivity index (χ0v) is 16.0. The summed E-state index contributed by atoms with van der Waals surface area (Å²) in [6.45, 7) is 1.34. The van der Waals surface area contributed by atoms with E-state index in [1.807, 2.05) is 0 Å². The Morgan fingerprint density at radius 1 is 1.31 bits per heavy atom. The smallest absolute Gasteiger partial charge is 0.416 e. The predicted molar refractivity (Wildman–Crippen MR) is 101 cm³/mol. The van der Waals surface area contributed by atoms with Crippen molar-refractivity contribution in [3.63, 3.8) is 0 Å². The summed E-state index contributed by atoms with van der Waals surface area (Å²) in [6.07, 6.45) is 0.267. The first-order chi connectivity index (χ1) is 13.7. The van der Waals surface area contributed by atoms with Crippen LogP contribution in [-0.4, -0.2) is 24.2 Å². The van der Waals surface area contributed by atoms with Gasteiger partial charge in [0.15, 0.2) is 0 Å². The lowest BCUT2D eigenvalue weighted by Crippen LogP contribution is -2.36. The van der Waals surface area contributed by atoms with Crippen molar-refractivity contribution in [3.05, 3.63) is 69.9 Å². The highest BCUT2D eigenvalue weighted by Gasteiger charge is 2.37. The van der Waals surface area contributed by atoms with Crippen molar-refractivity contribution in [2.45, 2.75) is 19.6 Å². The molecule has 1 heterocycles. The molecule has 9 heteroatoms. The lowest BCUT2D eigenvalue weighted by molar-refractivity contribution is -0.140. The van der Waals surface area contributed by atoms with Gasteiger partial charge in [-0.2, -0.15) is 13.2 Å². The standard InChI is InChI=1S/C20H16ClF3N2O3/c1-2-29-19(28)15-17(12-7-5-9-14(21)16(12)26-18(15)27)25-10-11-6-3-4-8-13(11)20(22,23)24/h3-9,12,25H,2,10H2,1H3. The molecule has 1 aliphatic carbocycles. The van der Waals surface area contributed by atoms with Gasteiger partial charge in [0, 0.05) is 12.2 Å². The van der Waals surface area contributed by atoms with E-state index >= 15 is 0 Å². The molecule has 1 unspecified atom stereocenters. The Balaban J connectivity index is 2.00. The average molecular weight is 425 g/mol. The van der Waals surface area contributed by atoms with Gasteiger partial charge < -0.3 is 10.1 Å². The van der Waals surface area contributed by atoms with E-state index in [2.05, 4.69) is 10.3 Å². The van der Waals surface area contributed by atoms with Gasteiger partial charge in [-0.05, 0) is 24.6 Å². The third-order valence-corrected chi connectivity index (χ3v) is 4.69. The molecule has 0 radical (unpaired) electrons. The van der Waals surface area contributed by atoms with E-state index in [0.29, 0.717) is 0 Å². The molecule has 1 N–H and O–H groups in total. The number of nitrogens with one attached hydrogen (secondary N) is 1. The van der Waals surface area contributed by atoms with Crippen LogP contribution in [0.25, 0.3) is 0 Å². The van der Waals surface area contributed by atoms with Gasteiger partial charge in [-0.1, -0.05) is 42.0 Å². The van der Waals surface area contributed by atoms with E-state index < -0.39 is 29.5 Å². The highest BCUT2D eigenvalue weighted by atomic mass is 35.5. The van der Waals surface area contributed by atoms with Crippen LogP contribution in [0, 0.1) is 5.92 Å². The van der Waals surface area contributed by atoms with Gasteiger partial charge in [0.05, 0.1) is 28.8 Å². The number of ether oxygens (including phenoxy) is 1. The van der Waals surface area contributed by atoms with Crippen molar-refractivity contribution >= 4 is 29.2 Å². The monoisotopic (exact) mass is 424 g/mol. The maximum atomic E-state index is 13.3. The summed E-state index contributed by atoms with van der Waals surface area (Å²) in [5, 5.41) is 3.04. The van der Waals surface area contributed by atoms with Crippen LogP contribution in [0.1, 0.15) is 18.1 Å². The molecule has 152 valence electrons. The number of benzene rings is 1. The molecule has 1 atom stereocenters. The summed E-state index contributed by atoms with van der Waals surface area (Å²) in [4.78, 5) is 28.7. The molecular weight excluding hydrogens is 409 g/mol. The number of halogens is 4. The first kappa shape index (κ1) is 20.9. The maximum Gasteiger partial charge on any atom is 0.416 e. The number of rotatable bonds is 5. The van der Waals surface area contributed by atoms with Crippen LogP contribution in [-0.2, 0) is 27.0 Å². The fraction of sp³-hybridized carbons (Fsp3) is 0.250. The minimum Gasteiger partial charge on any atom is -0.462 e. The lowest BCUT2D eigenvalue weighted by Gasteiger charge is -2.28. The van der Waals surface area contributed by atoms with E-state index in [-0.39, 0.29) is 40.7 Å². The number of fused-ring (bicyclic) bond motifs is 1. The van der Waals surface area contributed by atoms with E-state index in [4.69, 9.17) is 16.3 Å². The van der Waals surface area contributed by atoms with Crippen LogP contribution in [0.2, 0.25) is 0 Å². The number of dihydropyridines is 1. The van der Waals surface area contributed by atoms with Gasteiger partial charge in [-0.3, -0.25) is 4.79 Å². The number of nitrogens with zero attached hydrogens (tertiary/aromatic N) is 1. The van der Waals surface area contributed by atoms with Crippen molar-refractivity contribution in [3.8, 4) is 0 Å². The highest BCUT2D eigenvalue weighted by Crippen LogP contribution is 2.34. The first-order valence-electron chi connectivity index (χ1n) is 8.71. The fourth-order valence-corrected chi connectivity index (χ4v) is 3.34. The summed E-state index contributed by atoms with van der Waals surface area (Å²) >= 11 is 6.12. The number of carbonyl (C=O) groups excluding carboxylic acids is 2. The molecule has 0 fully saturated rings.